The second kappa shape index (κ2) is 2.50. The van der Waals surface area contributed by atoms with Gasteiger partial charge in [-0.25, -0.2) is 0 Å². The van der Waals surface area contributed by atoms with Gasteiger partial charge in [-0.15, -0.1) is 0 Å². The molecule has 1 heterocycles. The monoisotopic (exact) mass is 110 g/mol. The number of hydrogen-bond acceptors (Lipinski definition) is 2. The first-order chi connectivity index (χ1) is 3.93. The zero-order valence-electron chi connectivity index (χ0n) is 5.04. The van der Waals surface area contributed by atoms with Crippen LogP contribution in [0.4, 0.5) is 0 Å². The van der Waals surface area contributed by atoms with E-state index in [-0.39, 0.29) is 0 Å². The van der Waals surface area contributed by atoms with Crippen LogP contribution in [0.5, 0.6) is 0 Å². The topological polar surface area (TPSA) is 15.6 Å². The molecular formula is C6H10N2. The van der Waals surface area contributed by atoms with E-state index >= 15 is 0 Å². The van der Waals surface area contributed by atoms with E-state index < -0.39 is 0 Å². The summed E-state index contributed by atoms with van der Waals surface area (Å²) in [5.41, 5.74) is 0. The molecule has 0 N–H and O–H groups in total. The Morgan fingerprint density at radius 3 is 3.12 bits per heavy atom. The summed E-state index contributed by atoms with van der Waals surface area (Å²) in [6, 6.07) is 0. The second-order valence-electron chi connectivity index (χ2n) is 1.76. The minimum Gasteiger partial charge on any atom is -0.354 e. The number of aliphatic imine (C=N–C) groups is 1. The van der Waals surface area contributed by atoms with E-state index in [4.69, 9.17) is 0 Å². The molecule has 0 aromatic carbocycles. The van der Waals surface area contributed by atoms with Crippen molar-refractivity contribution in [3.05, 3.63) is 12.3 Å². The van der Waals surface area contributed by atoms with Gasteiger partial charge in [-0.2, -0.15) is 0 Å². The highest BCUT2D eigenvalue weighted by Gasteiger charge is 1.97. The van der Waals surface area contributed by atoms with E-state index in [0.29, 0.717) is 0 Å². The van der Waals surface area contributed by atoms with Crippen molar-refractivity contribution in [3.8, 4) is 0 Å². The summed E-state index contributed by atoms with van der Waals surface area (Å²) in [7, 11) is 0. The van der Waals surface area contributed by atoms with Gasteiger partial charge in [-0.05, 0) is 13.1 Å². The van der Waals surface area contributed by atoms with Crippen molar-refractivity contribution >= 4 is 6.21 Å². The van der Waals surface area contributed by atoms with Crippen molar-refractivity contribution in [3.63, 3.8) is 0 Å². The second-order valence-corrected chi connectivity index (χ2v) is 1.76. The normalized spacial score (nSPS) is 18.9. The fourth-order valence-corrected chi connectivity index (χ4v) is 0.702. The van der Waals surface area contributed by atoms with Crippen molar-refractivity contribution < 1.29 is 0 Å². The molecule has 0 unspecified atom stereocenters. The Morgan fingerprint density at radius 1 is 1.75 bits per heavy atom. The summed E-state index contributed by atoms with van der Waals surface area (Å²) in [6.45, 7) is 3.83. The lowest BCUT2D eigenvalue weighted by atomic mass is 10.6. The molecule has 44 valence electrons. The van der Waals surface area contributed by atoms with Crippen molar-refractivity contribution in [1.82, 2.24) is 4.90 Å². The molecule has 0 saturated carbocycles. The number of allylic oxidation sites excluding steroid dienone is 1. The first-order valence-corrected chi connectivity index (χ1v) is 2.78. The van der Waals surface area contributed by atoms with E-state index in [1.54, 1.807) is 0 Å². The Morgan fingerprint density at radius 2 is 2.62 bits per heavy atom. The van der Waals surface area contributed by atoms with Crippen LogP contribution in [0.1, 0.15) is 6.92 Å². The van der Waals surface area contributed by atoms with Gasteiger partial charge in [0, 0.05) is 6.21 Å². The maximum Gasteiger partial charge on any atom is 0.109 e. The molecule has 2 heteroatoms. The van der Waals surface area contributed by atoms with E-state index in [1.807, 2.05) is 25.4 Å². The lowest BCUT2D eigenvalue weighted by Crippen LogP contribution is -2.11. The Kier molecular flexibility index (Phi) is 1.67. The predicted octanol–water partition coefficient (Wildman–Crippen LogP) is 0.864. The highest BCUT2D eigenvalue weighted by molar-refractivity contribution is 5.61. The van der Waals surface area contributed by atoms with E-state index in [0.717, 1.165) is 13.2 Å². The zero-order valence-corrected chi connectivity index (χ0v) is 5.04. The molecule has 1 rings (SSSR count). The predicted molar refractivity (Wildman–Crippen MR) is 34.9 cm³/mol. The molecule has 0 fully saturated rings. The van der Waals surface area contributed by atoms with Crippen molar-refractivity contribution in [1.29, 1.82) is 0 Å². The lowest BCUT2D eigenvalue weighted by Gasteiger charge is -2.06. The maximum absolute atomic E-state index is 4.03. The molecule has 2 nitrogen and oxygen atoms in total. The van der Waals surface area contributed by atoms with Gasteiger partial charge >= 0.3 is 0 Å². The largest absolute Gasteiger partial charge is 0.354 e. The van der Waals surface area contributed by atoms with Crippen LogP contribution >= 0.6 is 0 Å². The van der Waals surface area contributed by atoms with Gasteiger partial charge in [0.2, 0.25) is 0 Å². The standard InChI is InChI=1S/C6H10N2/c1-2-4-8-5-3-7-6-8/h2-4H,5-6H2,1H3. The van der Waals surface area contributed by atoms with E-state index in [2.05, 4.69) is 9.89 Å². The van der Waals surface area contributed by atoms with Gasteiger partial charge in [0.1, 0.15) is 6.67 Å². The molecule has 0 bridgehead atoms. The number of rotatable bonds is 1. The molecular weight excluding hydrogens is 100 g/mol. The SMILES string of the molecule is CC=CN1CC=NC1. The Labute approximate surface area is 49.5 Å². The third-order valence-electron chi connectivity index (χ3n) is 1.07. The number of nitrogens with zero attached hydrogens (tertiary/aromatic N) is 2. The summed E-state index contributed by atoms with van der Waals surface area (Å²) in [4.78, 5) is 6.17. The third kappa shape index (κ3) is 1.09. The van der Waals surface area contributed by atoms with Gasteiger partial charge in [-0.3, -0.25) is 4.99 Å². The van der Waals surface area contributed by atoms with Crippen LogP contribution in [0.25, 0.3) is 0 Å². The quantitative estimate of drug-likeness (QED) is 0.489. The molecule has 0 aromatic heterocycles. The first-order valence-electron chi connectivity index (χ1n) is 2.78. The van der Waals surface area contributed by atoms with Crippen LogP contribution in [0.3, 0.4) is 0 Å². The zero-order chi connectivity index (χ0) is 5.82. The fraction of sp³-hybridized carbons (Fsp3) is 0.500. The van der Waals surface area contributed by atoms with Crippen LogP contribution in [0.2, 0.25) is 0 Å². The molecule has 0 amide bonds. The van der Waals surface area contributed by atoms with Crippen molar-refractivity contribution in [2.75, 3.05) is 13.2 Å². The minimum absolute atomic E-state index is 0.838. The van der Waals surface area contributed by atoms with Crippen LogP contribution in [0, 0.1) is 0 Å². The Bertz CT molecular complexity index is 108. The van der Waals surface area contributed by atoms with Crippen LogP contribution in [0.15, 0.2) is 17.3 Å². The molecule has 1 aliphatic heterocycles. The van der Waals surface area contributed by atoms with Crippen LogP contribution in [-0.4, -0.2) is 24.3 Å². The summed E-state index contributed by atoms with van der Waals surface area (Å²) < 4.78 is 0. The molecule has 0 radical (unpaired) electrons. The summed E-state index contributed by atoms with van der Waals surface area (Å²) in [6.07, 6.45) is 6.00. The van der Waals surface area contributed by atoms with Gasteiger partial charge in [-0.1, -0.05) is 6.08 Å². The molecule has 8 heavy (non-hydrogen) atoms. The average Bonchev–Trinajstić information content (AvgIpc) is 2.19. The third-order valence-corrected chi connectivity index (χ3v) is 1.07. The van der Waals surface area contributed by atoms with Gasteiger partial charge in [0.25, 0.3) is 0 Å². The van der Waals surface area contributed by atoms with E-state index in [1.165, 1.54) is 0 Å². The first kappa shape index (κ1) is 5.35. The highest BCUT2D eigenvalue weighted by atomic mass is 15.2. The summed E-state index contributed by atoms with van der Waals surface area (Å²) in [5, 5.41) is 0. The Hall–Kier alpha value is -0.790. The number of hydrogen-bond donors (Lipinski definition) is 0. The maximum atomic E-state index is 4.03. The van der Waals surface area contributed by atoms with Gasteiger partial charge in [0.15, 0.2) is 0 Å². The summed E-state index contributed by atoms with van der Waals surface area (Å²) in [5.74, 6) is 0. The minimum atomic E-state index is 0.838. The molecule has 1 aliphatic rings. The van der Waals surface area contributed by atoms with Crippen molar-refractivity contribution in [2.24, 2.45) is 4.99 Å². The van der Waals surface area contributed by atoms with Crippen molar-refractivity contribution in [2.45, 2.75) is 6.92 Å². The van der Waals surface area contributed by atoms with E-state index in [9.17, 15) is 0 Å². The molecule has 0 aliphatic carbocycles. The van der Waals surface area contributed by atoms with Crippen LogP contribution < -0.4 is 0 Å². The average molecular weight is 110 g/mol. The van der Waals surface area contributed by atoms with Gasteiger partial charge in [0.05, 0.1) is 6.54 Å². The Balaban J connectivity index is 2.30. The lowest BCUT2D eigenvalue weighted by molar-refractivity contribution is 0.471. The smallest absolute Gasteiger partial charge is 0.109 e. The molecule has 0 spiro atoms. The van der Waals surface area contributed by atoms with Crippen LogP contribution in [-0.2, 0) is 0 Å². The fourth-order valence-electron chi connectivity index (χ4n) is 0.702. The highest BCUT2D eigenvalue weighted by Crippen LogP contribution is 1.93. The van der Waals surface area contributed by atoms with Gasteiger partial charge < -0.3 is 4.90 Å². The molecule has 0 atom stereocenters. The summed E-state index contributed by atoms with van der Waals surface area (Å²) >= 11 is 0. The molecule has 0 aromatic rings. The molecule has 0 saturated heterocycles.